The van der Waals surface area contributed by atoms with Crippen LogP contribution in [0.25, 0.3) is 0 Å². The fraction of sp³-hybridized carbons (Fsp3) is 0.923. The molecule has 3 atom stereocenters. The molecule has 0 aromatic heterocycles. The molecule has 0 radical (unpaired) electrons. The summed E-state index contributed by atoms with van der Waals surface area (Å²) in [5, 5.41) is 3.32. The SMILES string of the molecule is CC1CN(CCC(NC2CC2)C(N)=O)CC(C)O1. The lowest BCUT2D eigenvalue weighted by atomic mass is 10.1. The molecule has 0 aromatic carbocycles. The molecule has 0 bridgehead atoms. The molecule has 1 saturated heterocycles. The van der Waals surface area contributed by atoms with Crippen LogP contribution in [0.15, 0.2) is 0 Å². The summed E-state index contributed by atoms with van der Waals surface area (Å²) in [7, 11) is 0. The Hall–Kier alpha value is -0.650. The molecule has 1 aliphatic heterocycles. The zero-order valence-corrected chi connectivity index (χ0v) is 11.4. The van der Waals surface area contributed by atoms with Crippen molar-refractivity contribution in [2.45, 2.75) is 57.4 Å². The predicted molar refractivity (Wildman–Crippen MR) is 70.2 cm³/mol. The van der Waals surface area contributed by atoms with Crippen molar-refractivity contribution in [3.8, 4) is 0 Å². The molecule has 0 aromatic rings. The molecule has 1 aliphatic carbocycles. The average molecular weight is 255 g/mol. The number of nitrogens with one attached hydrogen (secondary N) is 1. The summed E-state index contributed by atoms with van der Waals surface area (Å²) in [6.07, 6.45) is 3.70. The predicted octanol–water partition coefficient (Wildman–Crippen LogP) is 0.0916. The largest absolute Gasteiger partial charge is 0.373 e. The van der Waals surface area contributed by atoms with E-state index in [0.717, 1.165) is 26.1 Å². The number of nitrogens with two attached hydrogens (primary N) is 1. The topological polar surface area (TPSA) is 67.6 Å². The number of ether oxygens (including phenoxy) is 1. The van der Waals surface area contributed by atoms with Crippen LogP contribution >= 0.6 is 0 Å². The van der Waals surface area contributed by atoms with Gasteiger partial charge in [-0.2, -0.15) is 0 Å². The highest BCUT2D eigenvalue weighted by Crippen LogP contribution is 2.20. The third-order valence-corrected chi connectivity index (χ3v) is 3.59. The van der Waals surface area contributed by atoms with Gasteiger partial charge in [0.2, 0.25) is 5.91 Å². The van der Waals surface area contributed by atoms with Crippen molar-refractivity contribution in [3.05, 3.63) is 0 Å². The van der Waals surface area contributed by atoms with E-state index >= 15 is 0 Å². The van der Waals surface area contributed by atoms with Crippen molar-refractivity contribution in [2.75, 3.05) is 19.6 Å². The first-order valence-electron chi connectivity index (χ1n) is 6.97. The molecule has 2 aliphatic rings. The maximum atomic E-state index is 11.4. The highest BCUT2D eigenvalue weighted by molar-refractivity contribution is 5.79. The third-order valence-electron chi connectivity index (χ3n) is 3.59. The van der Waals surface area contributed by atoms with Gasteiger partial charge in [-0.1, -0.05) is 0 Å². The van der Waals surface area contributed by atoms with Gasteiger partial charge in [-0.3, -0.25) is 9.69 Å². The Morgan fingerprint density at radius 3 is 2.50 bits per heavy atom. The van der Waals surface area contributed by atoms with E-state index in [9.17, 15) is 4.79 Å². The molecular formula is C13H25N3O2. The number of hydrogen-bond acceptors (Lipinski definition) is 4. The van der Waals surface area contributed by atoms with Gasteiger partial charge in [0.05, 0.1) is 18.2 Å². The molecule has 18 heavy (non-hydrogen) atoms. The van der Waals surface area contributed by atoms with Gasteiger partial charge >= 0.3 is 0 Å². The molecule has 5 nitrogen and oxygen atoms in total. The van der Waals surface area contributed by atoms with Crippen LogP contribution in [0.2, 0.25) is 0 Å². The Labute approximate surface area is 109 Å². The van der Waals surface area contributed by atoms with Crippen molar-refractivity contribution in [1.29, 1.82) is 0 Å². The van der Waals surface area contributed by atoms with E-state index in [4.69, 9.17) is 10.5 Å². The molecule has 1 saturated carbocycles. The summed E-state index contributed by atoms with van der Waals surface area (Å²) < 4.78 is 5.70. The van der Waals surface area contributed by atoms with Crippen LogP contribution in [0.5, 0.6) is 0 Å². The minimum atomic E-state index is -0.226. The fourth-order valence-electron chi connectivity index (χ4n) is 2.62. The van der Waals surface area contributed by atoms with Crippen LogP contribution in [0.4, 0.5) is 0 Å². The van der Waals surface area contributed by atoms with E-state index in [1.807, 2.05) is 0 Å². The van der Waals surface area contributed by atoms with Crippen LogP contribution in [0.1, 0.15) is 33.1 Å². The van der Waals surface area contributed by atoms with Crippen LogP contribution < -0.4 is 11.1 Å². The minimum absolute atomic E-state index is 0.175. The van der Waals surface area contributed by atoms with Crippen LogP contribution in [0.3, 0.4) is 0 Å². The van der Waals surface area contributed by atoms with Gasteiger partial charge in [-0.25, -0.2) is 0 Å². The molecule has 3 unspecified atom stereocenters. The number of amides is 1. The first kappa shape index (κ1) is 13.8. The Morgan fingerprint density at radius 2 is 2.00 bits per heavy atom. The standard InChI is InChI=1S/C13H25N3O2/c1-9-7-16(8-10(2)18-9)6-5-12(13(14)17)15-11-3-4-11/h9-12,15H,3-8H2,1-2H3,(H2,14,17). The molecule has 5 heteroatoms. The van der Waals surface area contributed by atoms with E-state index in [1.54, 1.807) is 0 Å². The number of nitrogens with zero attached hydrogens (tertiary/aromatic N) is 1. The highest BCUT2D eigenvalue weighted by Gasteiger charge is 2.28. The van der Waals surface area contributed by atoms with E-state index in [0.29, 0.717) is 6.04 Å². The van der Waals surface area contributed by atoms with Gasteiger partial charge in [0.15, 0.2) is 0 Å². The first-order chi connectivity index (χ1) is 8.54. The summed E-state index contributed by atoms with van der Waals surface area (Å²) in [5.74, 6) is -0.226. The normalized spacial score (nSPS) is 31.2. The Morgan fingerprint density at radius 1 is 1.39 bits per heavy atom. The van der Waals surface area contributed by atoms with Gasteiger partial charge in [-0.15, -0.1) is 0 Å². The number of morpholine rings is 1. The molecule has 1 amide bonds. The summed E-state index contributed by atoms with van der Waals surface area (Å²) in [6.45, 7) is 6.98. The van der Waals surface area contributed by atoms with E-state index in [2.05, 4.69) is 24.1 Å². The molecule has 0 spiro atoms. The number of hydrogen-bond donors (Lipinski definition) is 2. The smallest absolute Gasteiger partial charge is 0.234 e. The number of carbonyl (C=O) groups is 1. The third kappa shape index (κ3) is 4.23. The summed E-state index contributed by atoms with van der Waals surface area (Å²) in [5.41, 5.74) is 5.44. The van der Waals surface area contributed by atoms with Crippen molar-refractivity contribution >= 4 is 5.91 Å². The van der Waals surface area contributed by atoms with Gasteiger partial charge in [0.25, 0.3) is 0 Å². The van der Waals surface area contributed by atoms with Gasteiger partial charge in [0, 0.05) is 25.7 Å². The fourth-order valence-corrected chi connectivity index (χ4v) is 2.62. The first-order valence-corrected chi connectivity index (χ1v) is 6.97. The molecule has 104 valence electrons. The lowest BCUT2D eigenvalue weighted by Gasteiger charge is -2.35. The summed E-state index contributed by atoms with van der Waals surface area (Å²) in [4.78, 5) is 13.7. The Kier molecular flexibility index (Phi) is 4.59. The number of primary amides is 1. The maximum Gasteiger partial charge on any atom is 0.234 e. The van der Waals surface area contributed by atoms with Crippen molar-refractivity contribution in [3.63, 3.8) is 0 Å². The highest BCUT2D eigenvalue weighted by atomic mass is 16.5. The van der Waals surface area contributed by atoms with E-state index < -0.39 is 0 Å². The van der Waals surface area contributed by atoms with Crippen molar-refractivity contribution in [2.24, 2.45) is 5.73 Å². The van der Waals surface area contributed by atoms with Gasteiger partial charge in [0.1, 0.15) is 0 Å². The lowest BCUT2D eigenvalue weighted by Crippen LogP contribution is -2.49. The van der Waals surface area contributed by atoms with Crippen LogP contribution in [-0.2, 0) is 9.53 Å². The molecule has 3 N–H and O–H groups in total. The second-order valence-electron chi connectivity index (χ2n) is 5.70. The van der Waals surface area contributed by atoms with Crippen LogP contribution in [-0.4, -0.2) is 54.7 Å². The van der Waals surface area contributed by atoms with Crippen molar-refractivity contribution < 1.29 is 9.53 Å². The quantitative estimate of drug-likeness (QED) is 0.706. The second-order valence-corrected chi connectivity index (χ2v) is 5.70. The Balaban J connectivity index is 1.75. The second kappa shape index (κ2) is 5.99. The van der Waals surface area contributed by atoms with E-state index in [-0.39, 0.29) is 24.2 Å². The minimum Gasteiger partial charge on any atom is -0.373 e. The molecule has 2 fully saturated rings. The van der Waals surface area contributed by atoms with E-state index in [1.165, 1.54) is 12.8 Å². The molecule has 1 heterocycles. The van der Waals surface area contributed by atoms with Crippen LogP contribution in [0, 0.1) is 0 Å². The Bertz CT molecular complexity index is 284. The average Bonchev–Trinajstić information content (AvgIpc) is 3.06. The summed E-state index contributed by atoms with van der Waals surface area (Å²) >= 11 is 0. The van der Waals surface area contributed by atoms with Crippen molar-refractivity contribution in [1.82, 2.24) is 10.2 Å². The zero-order valence-electron chi connectivity index (χ0n) is 11.4. The van der Waals surface area contributed by atoms with Gasteiger partial charge < -0.3 is 15.8 Å². The monoisotopic (exact) mass is 255 g/mol. The van der Waals surface area contributed by atoms with Gasteiger partial charge in [-0.05, 0) is 33.1 Å². The number of carbonyl (C=O) groups excluding carboxylic acids is 1. The molecular weight excluding hydrogens is 230 g/mol. The molecule has 2 rings (SSSR count). The zero-order chi connectivity index (χ0) is 13.1. The maximum absolute atomic E-state index is 11.4. The summed E-state index contributed by atoms with van der Waals surface area (Å²) in [6, 6.07) is 0.344. The number of rotatable bonds is 6. The lowest BCUT2D eigenvalue weighted by molar-refractivity contribution is -0.120.